The summed E-state index contributed by atoms with van der Waals surface area (Å²) in [7, 11) is 0. The first-order valence-electron chi connectivity index (χ1n) is 9.16. The normalized spacial score (nSPS) is 13.7. The Kier molecular flexibility index (Phi) is 5.39. The molecule has 1 aliphatic heterocycles. The van der Waals surface area contributed by atoms with Crippen molar-refractivity contribution in [3.8, 4) is 0 Å². The maximum atomic E-state index is 12.6. The summed E-state index contributed by atoms with van der Waals surface area (Å²) in [5.41, 5.74) is 1.86. The Morgan fingerprint density at radius 3 is 2.70 bits per heavy atom. The van der Waals surface area contributed by atoms with Crippen molar-refractivity contribution in [2.75, 3.05) is 23.3 Å². The van der Waals surface area contributed by atoms with Gasteiger partial charge < -0.3 is 4.90 Å². The number of nitrogens with zero attached hydrogens (tertiary/aromatic N) is 4. The molecule has 0 bridgehead atoms. The zero-order valence-electron chi connectivity index (χ0n) is 15.0. The van der Waals surface area contributed by atoms with Gasteiger partial charge in [-0.3, -0.25) is 10.1 Å². The molecule has 27 heavy (non-hydrogen) atoms. The zero-order chi connectivity index (χ0) is 18.5. The van der Waals surface area contributed by atoms with E-state index in [1.165, 1.54) is 29.7 Å². The van der Waals surface area contributed by atoms with E-state index in [9.17, 15) is 4.79 Å². The van der Waals surface area contributed by atoms with Crippen LogP contribution in [0, 0.1) is 0 Å². The lowest BCUT2D eigenvalue weighted by Crippen LogP contribution is -2.20. The third-order valence-corrected chi connectivity index (χ3v) is 5.49. The predicted molar refractivity (Wildman–Crippen MR) is 107 cm³/mol. The molecule has 1 fully saturated rings. The first-order chi connectivity index (χ1) is 13.3. The lowest BCUT2D eigenvalue weighted by molar-refractivity contribution is 0.102. The van der Waals surface area contributed by atoms with Crippen LogP contribution in [0.4, 0.5) is 10.9 Å². The molecule has 2 aromatic heterocycles. The van der Waals surface area contributed by atoms with Crippen LogP contribution in [0.1, 0.15) is 33.8 Å². The molecule has 1 N–H and O–H groups in total. The molecule has 3 aromatic rings. The third kappa shape index (κ3) is 4.49. The Morgan fingerprint density at radius 1 is 1.07 bits per heavy atom. The van der Waals surface area contributed by atoms with Crippen LogP contribution in [-0.4, -0.2) is 34.2 Å². The van der Waals surface area contributed by atoms with Crippen LogP contribution < -0.4 is 10.2 Å². The quantitative estimate of drug-likeness (QED) is 0.709. The van der Waals surface area contributed by atoms with Gasteiger partial charge in [-0.2, -0.15) is 0 Å². The summed E-state index contributed by atoms with van der Waals surface area (Å²) in [6.45, 7) is 2.00. The van der Waals surface area contributed by atoms with E-state index in [4.69, 9.17) is 0 Å². The Bertz CT molecular complexity index is 906. The number of anilines is 2. The topological polar surface area (TPSA) is 71.0 Å². The van der Waals surface area contributed by atoms with Gasteiger partial charge in [0.25, 0.3) is 5.91 Å². The van der Waals surface area contributed by atoms with Gasteiger partial charge >= 0.3 is 0 Å². The number of pyridine rings is 1. The SMILES string of the molecule is O=C(Nc1nnc(CCc2ccccc2)s1)c1ccnc(N2CCCC2)c1. The summed E-state index contributed by atoms with van der Waals surface area (Å²) < 4.78 is 0. The van der Waals surface area contributed by atoms with Gasteiger partial charge in [0.1, 0.15) is 10.8 Å². The van der Waals surface area contributed by atoms with Crippen molar-refractivity contribution in [2.45, 2.75) is 25.7 Å². The fourth-order valence-electron chi connectivity index (χ4n) is 3.15. The molecule has 7 heteroatoms. The van der Waals surface area contributed by atoms with E-state index in [-0.39, 0.29) is 5.91 Å². The highest BCUT2D eigenvalue weighted by Crippen LogP contribution is 2.21. The van der Waals surface area contributed by atoms with Crippen LogP contribution in [0.3, 0.4) is 0 Å². The monoisotopic (exact) mass is 379 g/mol. The Labute approximate surface area is 162 Å². The van der Waals surface area contributed by atoms with Crippen molar-refractivity contribution in [1.29, 1.82) is 0 Å². The summed E-state index contributed by atoms with van der Waals surface area (Å²) in [5, 5.41) is 12.6. The number of hydrogen-bond acceptors (Lipinski definition) is 6. The fourth-order valence-corrected chi connectivity index (χ4v) is 3.88. The van der Waals surface area contributed by atoms with Crippen molar-refractivity contribution in [2.24, 2.45) is 0 Å². The summed E-state index contributed by atoms with van der Waals surface area (Å²) >= 11 is 1.42. The number of benzene rings is 1. The minimum atomic E-state index is -0.177. The van der Waals surface area contributed by atoms with E-state index in [1.54, 1.807) is 12.3 Å². The standard InChI is InChI=1S/C20H21N5OS/c26-19(16-10-11-21-17(14-16)25-12-4-5-13-25)22-20-24-23-18(27-20)9-8-15-6-2-1-3-7-15/h1-3,6-7,10-11,14H,4-5,8-9,12-13H2,(H,22,24,26). The molecule has 3 heterocycles. The molecule has 138 valence electrons. The molecule has 1 aliphatic rings. The van der Waals surface area contributed by atoms with E-state index in [2.05, 4.69) is 37.5 Å². The maximum absolute atomic E-state index is 12.6. The summed E-state index contributed by atoms with van der Waals surface area (Å²) in [5.74, 6) is 0.685. The van der Waals surface area contributed by atoms with Crippen LogP contribution >= 0.6 is 11.3 Å². The van der Waals surface area contributed by atoms with Crippen molar-refractivity contribution < 1.29 is 4.79 Å². The Morgan fingerprint density at radius 2 is 1.89 bits per heavy atom. The van der Waals surface area contributed by atoms with Crippen LogP contribution in [0.15, 0.2) is 48.7 Å². The average molecular weight is 379 g/mol. The van der Waals surface area contributed by atoms with Crippen molar-refractivity contribution in [3.63, 3.8) is 0 Å². The van der Waals surface area contributed by atoms with Crippen molar-refractivity contribution in [3.05, 3.63) is 64.8 Å². The molecule has 4 rings (SSSR count). The molecule has 0 unspecified atom stereocenters. The number of amides is 1. The molecular weight excluding hydrogens is 358 g/mol. The number of aryl methyl sites for hydroxylation is 2. The molecule has 6 nitrogen and oxygen atoms in total. The van der Waals surface area contributed by atoms with Gasteiger partial charge in [0.15, 0.2) is 0 Å². The van der Waals surface area contributed by atoms with E-state index in [1.807, 2.05) is 24.3 Å². The van der Waals surface area contributed by atoms with Crippen LogP contribution in [0.25, 0.3) is 0 Å². The van der Waals surface area contributed by atoms with Gasteiger partial charge in [0.2, 0.25) is 5.13 Å². The van der Waals surface area contributed by atoms with Crippen LogP contribution in [0.5, 0.6) is 0 Å². The highest BCUT2D eigenvalue weighted by Gasteiger charge is 2.16. The summed E-state index contributed by atoms with van der Waals surface area (Å²) in [6, 6.07) is 13.9. The Balaban J connectivity index is 1.37. The molecule has 0 spiro atoms. The number of hydrogen-bond donors (Lipinski definition) is 1. The van der Waals surface area contributed by atoms with Gasteiger partial charge in [-0.25, -0.2) is 4.98 Å². The average Bonchev–Trinajstić information content (AvgIpc) is 3.40. The highest BCUT2D eigenvalue weighted by molar-refractivity contribution is 7.15. The smallest absolute Gasteiger partial charge is 0.257 e. The number of rotatable bonds is 6. The first kappa shape index (κ1) is 17.6. The molecule has 0 atom stereocenters. The second-order valence-corrected chi connectivity index (χ2v) is 7.60. The summed E-state index contributed by atoms with van der Waals surface area (Å²) in [4.78, 5) is 19.2. The van der Waals surface area contributed by atoms with Crippen molar-refractivity contribution >= 4 is 28.2 Å². The lowest BCUT2D eigenvalue weighted by Gasteiger charge is -2.16. The highest BCUT2D eigenvalue weighted by atomic mass is 32.1. The summed E-state index contributed by atoms with van der Waals surface area (Å²) in [6.07, 6.45) is 5.76. The van der Waals surface area contributed by atoms with Gasteiger partial charge in [0.05, 0.1) is 0 Å². The molecule has 1 amide bonds. The largest absolute Gasteiger partial charge is 0.357 e. The van der Waals surface area contributed by atoms with Gasteiger partial charge in [-0.1, -0.05) is 41.7 Å². The minimum Gasteiger partial charge on any atom is -0.357 e. The van der Waals surface area contributed by atoms with E-state index < -0.39 is 0 Å². The minimum absolute atomic E-state index is 0.177. The third-order valence-electron chi connectivity index (χ3n) is 4.60. The molecule has 0 aliphatic carbocycles. The molecule has 0 saturated carbocycles. The molecule has 1 aromatic carbocycles. The second-order valence-electron chi connectivity index (χ2n) is 6.54. The second kappa shape index (κ2) is 8.26. The van der Waals surface area contributed by atoms with E-state index >= 15 is 0 Å². The predicted octanol–water partition coefficient (Wildman–Crippen LogP) is 3.57. The number of nitrogens with one attached hydrogen (secondary N) is 1. The van der Waals surface area contributed by atoms with Gasteiger partial charge in [-0.05, 0) is 37.0 Å². The fraction of sp³-hybridized carbons (Fsp3) is 0.300. The molecule has 1 saturated heterocycles. The van der Waals surface area contributed by atoms with Crippen LogP contribution in [0.2, 0.25) is 0 Å². The molecule has 0 radical (unpaired) electrons. The van der Waals surface area contributed by atoms with Gasteiger partial charge in [-0.15, -0.1) is 10.2 Å². The lowest BCUT2D eigenvalue weighted by atomic mass is 10.1. The van der Waals surface area contributed by atoms with Crippen LogP contribution in [-0.2, 0) is 12.8 Å². The molecular formula is C20H21N5OS. The number of carbonyl (C=O) groups excluding carboxylic acids is 1. The maximum Gasteiger partial charge on any atom is 0.257 e. The van der Waals surface area contributed by atoms with E-state index in [0.717, 1.165) is 36.8 Å². The van der Waals surface area contributed by atoms with Gasteiger partial charge in [0, 0.05) is 31.3 Å². The number of aromatic nitrogens is 3. The van der Waals surface area contributed by atoms with Crippen molar-refractivity contribution in [1.82, 2.24) is 15.2 Å². The number of carbonyl (C=O) groups is 1. The van der Waals surface area contributed by atoms with E-state index in [0.29, 0.717) is 10.7 Å². The Hall–Kier alpha value is -2.80. The first-order valence-corrected chi connectivity index (χ1v) is 9.98. The zero-order valence-corrected chi connectivity index (χ0v) is 15.8.